The summed E-state index contributed by atoms with van der Waals surface area (Å²) in [7, 11) is 0. The fourth-order valence-corrected chi connectivity index (χ4v) is 2.43. The molecule has 0 radical (unpaired) electrons. The van der Waals surface area contributed by atoms with E-state index in [9.17, 15) is 0 Å². The van der Waals surface area contributed by atoms with Crippen LogP contribution < -0.4 is 5.73 Å². The normalized spacial score (nSPS) is 10.8. The molecule has 0 unspecified atom stereocenters. The predicted molar refractivity (Wildman–Crippen MR) is 73.5 cm³/mol. The molecule has 2 rings (SSSR count). The van der Waals surface area contributed by atoms with Gasteiger partial charge in [0.1, 0.15) is 0 Å². The zero-order valence-corrected chi connectivity index (χ0v) is 11.7. The number of aromatic nitrogens is 2. The van der Waals surface area contributed by atoms with Gasteiger partial charge in [-0.15, -0.1) is 0 Å². The van der Waals surface area contributed by atoms with E-state index in [-0.39, 0.29) is 0 Å². The summed E-state index contributed by atoms with van der Waals surface area (Å²) in [6.45, 7) is 4.78. The first-order valence-electron chi connectivity index (χ1n) is 5.64. The number of hydrogen-bond donors (Lipinski definition) is 1. The van der Waals surface area contributed by atoms with Gasteiger partial charge in [-0.2, -0.15) is 5.10 Å². The van der Waals surface area contributed by atoms with E-state index < -0.39 is 0 Å². The lowest BCUT2D eigenvalue weighted by molar-refractivity contribution is 0.831. The minimum atomic E-state index is 0.659. The molecule has 0 saturated heterocycles. The SMILES string of the molecule is Cc1nn(-c2cccc(Br)c2)c(C)c1CCN. The maximum atomic E-state index is 5.63. The van der Waals surface area contributed by atoms with Gasteiger partial charge in [-0.3, -0.25) is 0 Å². The molecule has 0 atom stereocenters. The van der Waals surface area contributed by atoms with E-state index in [4.69, 9.17) is 5.73 Å². The van der Waals surface area contributed by atoms with Crippen LogP contribution in [0.5, 0.6) is 0 Å². The zero-order valence-electron chi connectivity index (χ0n) is 10.1. The Hall–Kier alpha value is -1.13. The van der Waals surface area contributed by atoms with E-state index in [1.54, 1.807) is 0 Å². The first-order valence-corrected chi connectivity index (χ1v) is 6.44. The van der Waals surface area contributed by atoms with Gasteiger partial charge in [0.2, 0.25) is 0 Å². The van der Waals surface area contributed by atoms with Crippen molar-refractivity contribution in [3.8, 4) is 5.69 Å². The highest BCUT2D eigenvalue weighted by atomic mass is 79.9. The van der Waals surface area contributed by atoms with Crippen LogP contribution in [0.25, 0.3) is 5.69 Å². The molecule has 0 aliphatic heterocycles. The summed E-state index contributed by atoms with van der Waals surface area (Å²) in [5.74, 6) is 0. The Morgan fingerprint density at radius 3 is 2.76 bits per heavy atom. The van der Waals surface area contributed by atoms with Gasteiger partial charge in [0.25, 0.3) is 0 Å². The average molecular weight is 294 g/mol. The second kappa shape index (κ2) is 5.02. The third-order valence-corrected chi connectivity index (χ3v) is 3.38. The van der Waals surface area contributed by atoms with E-state index in [2.05, 4.69) is 40.1 Å². The minimum Gasteiger partial charge on any atom is -0.330 e. The molecule has 0 spiro atoms. The van der Waals surface area contributed by atoms with Crippen LogP contribution in [0.4, 0.5) is 0 Å². The summed E-state index contributed by atoms with van der Waals surface area (Å²) >= 11 is 3.48. The van der Waals surface area contributed by atoms with Crippen LogP contribution >= 0.6 is 15.9 Å². The molecule has 2 aromatic rings. The summed E-state index contributed by atoms with van der Waals surface area (Å²) in [4.78, 5) is 0. The molecule has 0 fully saturated rings. The Labute approximate surface area is 110 Å². The Balaban J connectivity index is 2.50. The van der Waals surface area contributed by atoms with Gasteiger partial charge in [0, 0.05) is 10.2 Å². The lowest BCUT2D eigenvalue weighted by Crippen LogP contribution is -2.05. The lowest BCUT2D eigenvalue weighted by atomic mass is 10.1. The molecule has 17 heavy (non-hydrogen) atoms. The molecule has 3 nitrogen and oxygen atoms in total. The maximum Gasteiger partial charge on any atom is 0.0660 e. The van der Waals surface area contributed by atoms with Crippen LogP contribution in [0, 0.1) is 13.8 Å². The first kappa shape index (κ1) is 12.3. The fraction of sp³-hybridized carbons (Fsp3) is 0.308. The third kappa shape index (κ3) is 2.42. The van der Waals surface area contributed by atoms with Crippen molar-refractivity contribution in [2.45, 2.75) is 20.3 Å². The highest BCUT2D eigenvalue weighted by Gasteiger charge is 2.11. The highest BCUT2D eigenvalue weighted by Crippen LogP contribution is 2.20. The summed E-state index contributed by atoms with van der Waals surface area (Å²) in [6.07, 6.45) is 0.881. The molecular weight excluding hydrogens is 278 g/mol. The molecule has 0 bridgehead atoms. The Morgan fingerprint density at radius 1 is 1.35 bits per heavy atom. The van der Waals surface area contributed by atoms with E-state index in [0.717, 1.165) is 22.3 Å². The van der Waals surface area contributed by atoms with Gasteiger partial charge in [0.15, 0.2) is 0 Å². The van der Waals surface area contributed by atoms with Crippen LogP contribution in [0.15, 0.2) is 28.7 Å². The Bertz CT molecular complexity index is 531. The number of benzene rings is 1. The topological polar surface area (TPSA) is 43.8 Å². The summed E-state index contributed by atoms with van der Waals surface area (Å²) in [6, 6.07) is 8.14. The zero-order chi connectivity index (χ0) is 12.4. The highest BCUT2D eigenvalue weighted by molar-refractivity contribution is 9.10. The van der Waals surface area contributed by atoms with Gasteiger partial charge in [-0.25, -0.2) is 4.68 Å². The molecule has 0 amide bonds. The van der Waals surface area contributed by atoms with Gasteiger partial charge in [-0.05, 0) is 50.6 Å². The summed E-state index contributed by atoms with van der Waals surface area (Å²) < 4.78 is 3.04. The van der Waals surface area contributed by atoms with Crippen molar-refractivity contribution in [1.29, 1.82) is 0 Å². The average Bonchev–Trinajstić information content (AvgIpc) is 2.57. The fourth-order valence-electron chi connectivity index (χ4n) is 2.04. The van der Waals surface area contributed by atoms with Crippen molar-refractivity contribution < 1.29 is 0 Å². The molecule has 4 heteroatoms. The van der Waals surface area contributed by atoms with Crippen molar-refractivity contribution in [3.63, 3.8) is 0 Å². The maximum absolute atomic E-state index is 5.63. The predicted octanol–water partition coefficient (Wildman–Crippen LogP) is 2.75. The standard InChI is InChI=1S/C13H16BrN3/c1-9-13(6-7-15)10(2)17(16-9)12-5-3-4-11(14)8-12/h3-5,8H,6-7,15H2,1-2H3. The molecule has 1 aromatic heterocycles. The quantitative estimate of drug-likeness (QED) is 0.946. The molecule has 0 saturated carbocycles. The molecule has 90 valence electrons. The van der Waals surface area contributed by atoms with Crippen LogP contribution in [0.3, 0.4) is 0 Å². The van der Waals surface area contributed by atoms with Crippen molar-refractivity contribution in [2.24, 2.45) is 5.73 Å². The number of halogens is 1. The first-order chi connectivity index (χ1) is 8.13. The van der Waals surface area contributed by atoms with Gasteiger partial charge in [-0.1, -0.05) is 22.0 Å². The van der Waals surface area contributed by atoms with Gasteiger partial charge >= 0.3 is 0 Å². The van der Waals surface area contributed by atoms with E-state index >= 15 is 0 Å². The third-order valence-electron chi connectivity index (χ3n) is 2.89. The van der Waals surface area contributed by atoms with Crippen LogP contribution in [-0.2, 0) is 6.42 Å². The lowest BCUT2D eigenvalue weighted by Gasteiger charge is -2.05. The van der Waals surface area contributed by atoms with Crippen LogP contribution in [0.1, 0.15) is 17.0 Å². The Kier molecular flexibility index (Phi) is 3.64. The molecule has 0 aliphatic rings. The van der Waals surface area contributed by atoms with E-state index in [1.165, 1.54) is 11.3 Å². The number of hydrogen-bond acceptors (Lipinski definition) is 2. The van der Waals surface area contributed by atoms with Crippen molar-refractivity contribution in [1.82, 2.24) is 9.78 Å². The number of nitrogens with two attached hydrogens (primary N) is 1. The summed E-state index contributed by atoms with van der Waals surface area (Å²) in [5.41, 5.74) is 10.2. The smallest absolute Gasteiger partial charge is 0.0660 e. The van der Waals surface area contributed by atoms with E-state index in [0.29, 0.717) is 6.54 Å². The largest absolute Gasteiger partial charge is 0.330 e. The van der Waals surface area contributed by atoms with Crippen LogP contribution in [0.2, 0.25) is 0 Å². The Morgan fingerprint density at radius 2 is 2.12 bits per heavy atom. The van der Waals surface area contributed by atoms with Gasteiger partial charge in [0.05, 0.1) is 11.4 Å². The monoisotopic (exact) mass is 293 g/mol. The van der Waals surface area contributed by atoms with Crippen molar-refractivity contribution in [2.75, 3.05) is 6.54 Å². The molecule has 1 heterocycles. The second-order valence-electron chi connectivity index (χ2n) is 4.08. The number of nitrogens with zero attached hydrogens (tertiary/aromatic N) is 2. The van der Waals surface area contributed by atoms with Crippen molar-refractivity contribution in [3.05, 3.63) is 45.7 Å². The minimum absolute atomic E-state index is 0.659. The number of rotatable bonds is 3. The molecule has 2 N–H and O–H groups in total. The molecule has 0 aliphatic carbocycles. The number of aryl methyl sites for hydroxylation is 1. The van der Waals surface area contributed by atoms with Crippen LogP contribution in [-0.4, -0.2) is 16.3 Å². The molecule has 1 aromatic carbocycles. The van der Waals surface area contributed by atoms with Crippen molar-refractivity contribution >= 4 is 15.9 Å². The summed E-state index contributed by atoms with van der Waals surface area (Å²) in [5, 5.41) is 4.58. The molecular formula is C13H16BrN3. The van der Waals surface area contributed by atoms with Gasteiger partial charge < -0.3 is 5.73 Å². The van der Waals surface area contributed by atoms with E-state index in [1.807, 2.05) is 23.7 Å². The second-order valence-corrected chi connectivity index (χ2v) is 5.00.